The lowest BCUT2D eigenvalue weighted by Crippen LogP contribution is -2.49. The summed E-state index contributed by atoms with van der Waals surface area (Å²) in [7, 11) is 0. The average molecular weight is 399 g/mol. The third-order valence-electron chi connectivity index (χ3n) is 6.61. The summed E-state index contributed by atoms with van der Waals surface area (Å²) in [5.41, 5.74) is 6.52. The van der Waals surface area contributed by atoms with Crippen LogP contribution in [0.15, 0.2) is 30.3 Å². The lowest BCUT2D eigenvalue weighted by molar-refractivity contribution is -0.137. The molecular formula is C24H34N2O3. The van der Waals surface area contributed by atoms with Crippen molar-refractivity contribution >= 4 is 17.6 Å². The molecule has 1 aromatic rings. The van der Waals surface area contributed by atoms with Crippen molar-refractivity contribution in [2.75, 3.05) is 6.54 Å². The Kier molecular flexibility index (Phi) is 7.84. The molecule has 0 radical (unpaired) electrons. The summed E-state index contributed by atoms with van der Waals surface area (Å²) >= 11 is 0. The molecule has 1 heterocycles. The molecule has 29 heavy (non-hydrogen) atoms. The Balaban J connectivity index is 1.43. The van der Waals surface area contributed by atoms with Gasteiger partial charge in [0.2, 0.25) is 11.8 Å². The van der Waals surface area contributed by atoms with E-state index in [1.165, 1.54) is 25.7 Å². The molecule has 2 amide bonds. The van der Waals surface area contributed by atoms with Gasteiger partial charge in [0.25, 0.3) is 0 Å². The molecule has 2 aliphatic rings. The van der Waals surface area contributed by atoms with Crippen molar-refractivity contribution in [1.82, 2.24) is 4.90 Å². The predicted octanol–water partition coefficient (Wildman–Crippen LogP) is 3.64. The van der Waals surface area contributed by atoms with Crippen molar-refractivity contribution in [2.45, 2.75) is 76.7 Å². The third-order valence-corrected chi connectivity index (χ3v) is 6.61. The summed E-state index contributed by atoms with van der Waals surface area (Å²) in [6.45, 7) is 0.870. The van der Waals surface area contributed by atoms with Gasteiger partial charge in [-0.05, 0) is 50.0 Å². The van der Waals surface area contributed by atoms with Crippen molar-refractivity contribution in [3.05, 3.63) is 35.9 Å². The normalized spacial score (nSPS) is 22.6. The molecule has 1 aliphatic heterocycles. The highest BCUT2D eigenvalue weighted by Crippen LogP contribution is 2.35. The van der Waals surface area contributed by atoms with Crippen molar-refractivity contribution in [1.29, 1.82) is 0 Å². The highest BCUT2D eigenvalue weighted by atomic mass is 16.2. The van der Waals surface area contributed by atoms with Gasteiger partial charge in [-0.15, -0.1) is 0 Å². The maximum Gasteiger partial charge on any atom is 0.222 e. The fourth-order valence-electron chi connectivity index (χ4n) is 5.06. The smallest absolute Gasteiger partial charge is 0.222 e. The van der Waals surface area contributed by atoms with E-state index >= 15 is 0 Å². The number of Topliss-reactive ketones (excluding diaryl/α,β-unsaturated/α-hetero) is 1. The number of carbonyl (C=O) groups excluding carboxylic acids is 3. The van der Waals surface area contributed by atoms with Crippen LogP contribution in [-0.2, 0) is 20.8 Å². The predicted molar refractivity (Wildman–Crippen MR) is 113 cm³/mol. The molecule has 3 rings (SSSR count). The molecule has 2 fully saturated rings. The second-order valence-corrected chi connectivity index (χ2v) is 8.73. The molecule has 0 spiro atoms. The Bertz CT molecular complexity index is 701. The van der Waals surface area contributed by atoms with Crippen LogP contribution in [-0.4, -0.2) is 35.1 Å². The van der Waals surface area contributed by atoms with Gasteiger partial charge in [-0.25, -0.2) is 0 Å². The number of primary amides is 1. The number of hydrogen-bond acceptors (Lipinski definition) is 3. The third kappa shape index (κ3) is 6.15. The molecule has 3 atom stereocenters. The first-order chi connectivity index (χ1) is 14.0. The zero-order valence-corrected chi connectivity index (χ0v) is 17.4. The van der Waals surface area contributed by atoms with E-state index in [-0.39, 0.29) is 18.1 Å². The second kappa shape index (κ2) is 10.6. The average Bonchev–Trinajstić information content (AvgIpc) is 2.73. The molecule has 1 saturated carbocycles. The number of benzene rings is 1. The van der Waals surface area contributed by atoms with Gasteiger partial charge in [0.05, 0.1) is 0 Å². The number of carbonyl (C=O) groups is 3. The van der Waals surface area contributed by atoms with Crippen LogP contribution >= 0.6 is 0 Å². The van der Waals surface area contributed by atoms with Gasteiger partial charge in [0, 0.05) is 37.8 Å². The summed E-state index contributed by atoms with van der Waals surface area (Å²) in [5, 5.41) is 0. The number of nitrogens with zero attached hydrogens (tertiary/aromatic N) is 1. The Morgan fingerprint density at radius 2 is 1.72 bits per heavy atom. The zero-order valence-electron chi connectivity index (χ0n) is 17.4. The molecule has 5 nitrogen and oxygen atoms in total. The first kappa shape index (κ1) is 21.5. The van der Waals surface area contributed by atoms with E-state index in [1.54, 1.807) is 0 Å². The number of fused-ring (bicyclic) bond motifs is 1. The second-order valence-electron chi connectivity index (χ2n) is 8.73. The van der Waals surface area contributed by atoms with E-state index in [0.717, 1.165) is 24.9 Å². The van der Waals surface area contributed by atoms with E-state index in [9.17, 15) is 14.4 Å². The number of nitrogens with two attached hydrogens (primary N) is 1. The largest absolute Gasteiger partial charge is 0.369 e. The number of piperidine rings is 1. The van der Waals surface area contributed by atoms with Gasteiger partial charge in [0.1, 0.15) is 5.78 Å². The molecule has 1 saturated heterocycles. The Hall–Kier alpha value is -2.17. The van der Waals surface area contributed by atoms with Crippen LogP contribution in [0, 0.1) is 11.8 Å². The van der Waals surface area contributed by atoms with Gasteiger partial charge in [-0.3, -0.25) is 14.4 Å². The van der Waals surface area contributed by atoms with Gasteiger partial charge in [0.15, 0.2) is 0 Å². The van der Waals surface area contributed by atoms with Crippen LogP contribution < -0.4 is 5.73 Å². The van der Waals surface area contributed by atoms with Crippen molar-refractivity contribution in [3.63, 3.8) is 0 Å². The van der Waals surface area contributed by atoms with Crippen LogP contribution in [0.25, 0.3) is 0 Å². The Morgan fingerprint density at radius 1 is 1.00 bits per heavy atom. The maximum absolute atomic E-state index is 12.7. The van der Waals surface area contributed by atoms with E-state index in [2.05, 4.69) is 4.90 Å². The lowest BCUT2D eigenvalue weighted by atomic mass is 9.78. The van der Waals surface area contributed by atoms with Crippen LogP contribution in [0.4, 0.5) is 0 Å². The lowest BCUT2D eigenvalue weighted by Gasteiger charge is -2.44. The summed E-state index contributed by atoms with van der Waals surface area (Å²) < 4.78 is 0. The number of rotatable bonds is 9. The molecule has 5 heteroatoms. The van der Waals surface area contributed by atoms with E-state index in [4.69, 9.17) is 5.73 Å². The Morgan fingerprint density at radius 3 is 2.48 bits per heavy atom. The van der Waals surface area contributed by atoms with Crippen LogP contribution in [0.5, 0.6) is 0 Å². The monoisotopic (exact) mass is 398 g/mol. The van der Waals surface area contributed by atoms with E-state index in [1.807, 2.05) is 30.3 Å². The van der Waals surface area contributed by atoms with Crippen molar-refractivity contribution < 1.29 is 14.4 Å². The number of likely N-dealkylation sites (tertiary alicyclic amines) is 1. The first-order valence-corrected chi connectivity index (χ1v) is 11.2. The van der Waals surface area contributed by atoms with Crippen LogP contribution in [0.2, 0.25) is 0 Å². The zero-order chi connectivity index (χ0) is 20.6. The van der Waals surface area contributed by atoms with Gasteiger partial charge >= 0.3 is 0 Å². The quantitative estimate of drug-likeness (QED) is 0.689. The molecular weight excluding hydrogens is 364 g/mol. The highest BCUT2D eigenvalue weighted by molar-refractivity contribution is 5.86. The van der Waals surface area contributed by atoms with Crippen LogP contribution in [0.1, 0.15) is 69.8 Å². The molecule has 0 aromatic heterocycles. The molecule has 2 unspecified atom stereocenters. The fourth-order valence-corrected chi connectivity index (χ4v) is 5.06. The molecule has 2 N–H and O–H groups in total. The Labute approximate surface area is 174 Å². The number of amides is 2. The van der Waals surface area contributed by atoms with Crippen molar-refractivity contribution in [2.24, 2.45) is 17.6 Å². The minimum atomic E-state index is -0.481. The SMILES string of the molecule is NC(=O)[C@H](CC(=O)CCCC(=O)N1CCCC2CCCCC21)Cc1ccccc1. The highest BCUT2D eigenvalue weighted by Gasteiger charge is 2.35. The van der Waals surface area contributed by atoms with Gasteiger partial charge in [-0.2, -0.15) is 0 Å². The minimum Gasteiger partial charge on any atom is -0.369 e. The summed E-state index contributed by atoms with van der Waals surface area (Å²) in [4.78, 5) is 39.0. The molecule has 1 aliphatic carbocycles. The molecule has 1 aromatic carbocycles. The summed E-state index contributed by atoms with van der Waals surface area (Å²) in [5.74, 6) is -0.0186. The molecule has 0 bridgehead atoms. The standard InChI is InChI=1S/C24H34N2O3/c25-24(29)20(16-18-8-2-1-3-9-18)17-21(27)12-6-14-23(28)26-15-7-11-19-10-4-5-13-22(19)26/h1-3,8-9,19-20,22H,4-7,10-17H2,(H2,25,29)/t19?,20-,22?/m0/s1. The molecule has 158 valence electrons. The summed E-state index contributed by atoms with van der Waals surface area (Å²) in [6, 6.07) is 10.1. The van der Waals surface area contributed by atoms with Crippen molar-refractivity contribution in [3.8, 4) is 0 Å². The number of hydrogen-bond donors (Lipinski definition) is 1. The fraction of sp³-hybridized carbons (Fsp3) is 0.625. The van der Waals surface area contributed by atoms with Crippen LogP contribution in [0.3, 0.4) is 0 Å². The van der Waals surface area contributed by atoms with E-state index in [0.29, 0.717) is 37.6 Å². The first-order valence-electron chi connectivity index (χ1n) is 11.2. The maximum atomic E-state index is 12.7. The number of ketones is 1. The van der Waals surface area contributed by atoms with Gasteiger partial charge in [-0.1, -0.05) is 43.2 Å². The minimum absolute atomic E-state index is 0.0201. The topological polar surface area (TPSA) is 80.5 Å². The summed E-state index contributed by atoms with van der Waals surface area (Å²) in [6.07, 6.45) is 9.22. The van der Waals surface area contributed by atoms with Gasteiger partial charge < -0.3 is 10.6 Å². The van der Waals surface area contributed by atoms with E-state index < -0.39 is 11.8 Å².